The van der Waals surface area contributed by atoms with E-state index in [0.717, 1.165) is 33.5 Å². The zero-order valence-electron chi connectivity index (χ0n) is 14.5. The Labute approximate surface area is 143 Å². The van der Waals surface area contributed by atoms with Gasteiger partial charge >= 0.3 is 0 Å². The minimum absolute atomic E-state index is 0.132. The molecule has 0 spiro atoms. The van der Waals surface area contributed by atoms with Crippen LogP contribution in [0.5, 0.6) is 5.75 Å². The van der Waals surface area contributed by atoms with Gasteiger partial charge in [-0.3, -0.25) is 0 Å². The predicted molar refractivity (Wildman–Crippen MR) is 102 cm³/mol. The molecule has 3 rings (SSSR count). The van der Waals surface area contributed by atoms with Crippen LogP contribution >= 0.6 is 0 Å². The minimum Gasteiger partial charge on any atom is -0.491 e. The molecule has 3 aromatic carbocycles. The van der Waals surface area contributed by atoms with Crippen LogP contribution in [0.15, 0.2) is 48.5 Å². The van der Waals surface area contributed by atoms with E-state index in [0.29, 0.717) is 6.54 Å². The van der Waals surface area contributed by atoms with Crippen LogP contribution in [-0.4, -0.2) is 6.10 Å². The summed E-state index contributed by atoms with van der Waals surface area (Å²) < 4.78 is 5.83. The fraction of sp³-hybridized carbons (Fsp3) is 0.238. The van der Waals surface area contributed by atoms with E-state index in [1.165, 1.54) is 10.9 Å². The molecule has 24 heavy (non-hydrogen) atoms. The zero-order valence-corrected chi connectivity index (χ0v) is 14.5. The lowest BCUT2D eigenvalue weighted by atomic mass is 9.97. The average Bonchev–Trinajstić information content (AvgIpc) is 2.54. The lowest BCUT2D eigenvalue weighted by molar-refractivity contribution is 0.240. The molecule has 0 bridgehead atoms. The highest BCUT2D eigenvalue weighted by Crippen LogP contribution is 2.31. The minimum atomic E-state index is 0.132. The molecule has 3 heteroatoms. The number of fused-ring (bicyclic) bond motifs is 1. The monoisotopic (exact) mass is 320 g/mol. The van der Waals surface area contributed by atoms with Gasteiger partial charge in [-0.15, -0.1) is 0 Å². The first-order valence-electron chi connectivity index (χ1n) is 8.28. The van der Waals surface area contributed by atoms with Gasteiger partial charge in [-0.2, -0.15) is 0 Å². The molecule has 0 unspecified atom stereocenters. The van der Waals surface area contributed by atoms with Gasteiger partial charge in [-0.25, -0.2) is 0 Å². The van der Waals surface area contributed by atoms with E-state index in [2.05, 4.69) is 37.3 Å². The van der Waals surface area contributed by atoms with Crippen LogP contribution in [0.25, 0.3) is 21.9 Å². The maximum atomic E-state index is 5.99. The van der Waals surface area contributed by atoms with Crippen molar-refractivity contribution in [3.05, 3.63) is 59.7 Å². The van der Waals surface area contributed by atoms with Gasteiger partial charge in [0.1, 0.15) is 5.75 Å². The van der Waals surface area contributed by atoms with Crippen LogP contribution in [0.3, 0.4) is 0 Å². The van der Waals surface area contributed by atoms with E-state index < -0.39 is 0 Å². The molecule has 0 atom stereocenters. The van der Waals surface area contributed by atoms with Gasteiger partial charge in [0.25, 0.3) is 0 Å². The molecule has 0 aliphatic rings. The fourth-order valence-corrected chi connectivity index (χ4v) is 3.06. The van der Waals surface area contributed by atoms with Crippen molar-refractivity contribution in [3.8, 4) is 16.9 Å². The van der Waals surface area contributed by atoms with Gasteiger partial charge < -0.3 is 16.2 Å². The van der Waals surface area contributed by atoms with Crippen molar-refractivity contribution in [2.45, 2.75) is 33.4 Å². The highest BCUT2D eigenvalue weighted by atomic mass is 16.5. The third-order valence-corrected chi connectivity index (χ3v) is 4.16. The summed E-state index contributed by atoms with van der Waals surface area (Å²) in [6.07, 6.45) is 0.132. The van der Waals surface area contributed by atoms with Crippen LogP contribution in [0.4, 0.5) is 5.69 Å². The van der Waals surface area contributed by atoms with E-state index in [1.54, 1.807) is 0 Å². The van der Waals surface area contributed by atoms with Gasteiger partial charge in [-0.1, -0.05) is 18.2 Å². The molecule has 0 saturated carbocycles. The van der Waals surface area contributed by atoms with Gasteiger partial charge in [-0.05, 0) is 78.6 Å². The van der Waals surface area contributed by atoms with Crippen molar-refractivity contribution in [1.82, 2.24) is 0 Å². The highest BCUT2D eigenvalue weighted by molar-refractivity contribution is 5.92. The molecule has 0 aliphatic carbocycles. The molecule has 4 N–H and O–H groups in total. The topological polar surface area (TPSA) is 61.3 Å². The van der Waals surface area contributed by atoms with Gasteiger partial charge in [0.15, 0.2) is 0 Å². The van der Waals surface area contributed by atoms with Crippen LogP contribution in [0.2, 0.25) is 0 Å². The van der Waals surface area contributed by atoms with Crippen LogP contribution in [-0.2, 0) is 6.54 Å². The van der Waals surface area contributed by atoms with Crippen molar-refractivity contribution < 1.29 is 4.74 Å². The summed E-state index contributed by atoms with van der Waals surface area (Å²) in [5, 5.41) is 2.38. The molecule has 0 heterocycles. The second kappa shape index (κ2) is 6.54. The van der Waals surface area contributed by atoms with Crippen molar-refractivity contribution in [3.63, 3.8) is 0 Å². The summed E-state index contributed by atoms with van der Waals surface area (Å²) in [4.78, 5) is 0. The lowest BCUT2D eigenvalue weighted by Gasteiger charge is -2.15. The first-order chi connectivity index (χ1) is 11.5. The number of ether oxygens (including phenoxy) is 1. The van der Waals surface area contributed by atoms with E-state index in [9.17, 15) is 0 Å². The molecular weight excluding hydrogens is 296 g/mol. The van der Waals surface area contributed by atoms with Crippen molar-refractivity contribution in [1.29, 1.82) is 0 Å². The van der Waals surface area contributed by atoms with Gasteiger partial charge in [0.05, 0.1) is 6.10 Å². The second-order valence-corrected chi connectivity index (χ2v) is 6.47. The van der Waals surface area contributed by atoms with Crippen LogP contribution < -0.4 is 16.2 Å². The zero-order chi connectivity index (χ0) is 17.3. The largest absolute Gasteiger partial charge is 0.491 e. The standard InChI is InChI=1S/C21H24N2O/c1-13(2)24-21-7-5-16(10-18(21)12-22)15-4-6-20-14(3)8-19(23)11-17(20)9-15/h4-11,13H,12,22-23H2,1-3H3. The SMILES string of the molecule is Cc1cc(N)cc2cc(-c3ccc(OC(C)C)c(CN)c3)ccc12. The number of nitrogens with two attached hydrogens (primary N) is 2. The number of nitrogen functional groups attached to an aromatic ring is 1. The summed E-state index contributed by atoms with van der Waals surface area (Å²) >= 11 is 0. The Bertz CT molecular complexity index is 884. The Hall–Kier alpha value is -2.52. The summed E-state index contributed by atoms with van der Waals surface area (Å²) in [6.45, 7) is 6.58. The van der Waals surface area contributed by atoms with Gasteiger partial charge in [0.2, 0.25) is 0 Å². The average molecular weight is 320 g/mol. The Balaban J connectivity index is 2.06. The molecule has 0 amide bonds. The molecule has 0 aromatic heterocycles. The third kappa shape index (κ3) is 3.22. The smallest absolute Gasteiger partial charge is 0.124 e. The molecule has 0 fully saturated rings. The quantitative estimate of drug-likeness (QED) is 0.688. The number of rotatable bonds is 4. The number of anilines is 1. The fourth-order valence-electron chi connectivity index (χ4n) is 3.06. The summed E-state index contributed by atoms with van der Waals surface area (Å²) in [5.41, 5.74) is 17.2. The predicted octanol–water partition coefficient (Wildman–Crippen LogP) is 4.64. The van der Waals surface area contributed by atoms with E-state index in [-0.39, 0.29) is 6.10 Å². The number of benzene rings is 3. The van der Waals surface area contributed by atoms with E-state index in [1.807, 2.05) is 32.0 Å². The molecule has 3 aromatic rings. The summed E-state index contributed by atoms with van der Waals surface area (Å²) in [6, 6.07) is 16.7. The normalized spacial score (nSPS) is 11.2. The molecule has 124 valence electrons. The first kappa shape index (κ1) is 16.3. The van der Waals surface area contributed by atoms with Crippen molar-refractivity contribution >= 4 is 16.5 Å². The third-order valence-electron chi connectivity index (χ3n) is 4.16. The second-order valence-electron chi connectivity index (χ2n) is 6.47. The molecule has 0 aliphatic heterocycles. The van der Waals surface area contributed by atoms with Crippen molar-refractivity contribution in [2.24, 2.45) is 5.73 Å². The lowest BCUT2D eigenvalue weighted by Crippen LogP contribution is -2.09. The number of hydrogen-bond acceptors (Lipinski definition) is 3. The van der Waals surface area contributed by atoms with E-state index in [4.69, 9.17) is 16.2 Å². The first-order valence-corrected chi connectivity index (χ1v) is 8.28. The van der Waals surface area contributed by atoms with Gasteiger partial charge in [0, 0.05) is 17.8 Å². The maximum absolute atomic E-state index is 5.99. The molecule has 0 radical (unpaired) electrons. The molecule has 3 nitrogen and oxygen atoms in total. The Morgan fingerprint density at radius 2 is 1.67 bits per heavy atom. The molecule has 0 saturated heterocycles. The maximum Gasteiger partial charge on any atom is 0.124 e. The number of aryl methyl sites for hydroxylation is 1. The highest BCUT2D eigenvalue weighted by Gasteiger charge is 2.08. The Morgan fingerprint density at radius 3 is 2.38 bits per heavy atom. The van der Waals surface area contributed by atoms with Crippen LogP contribution in [0.1, 0.15) is 25.0 Å². The van der Waals surface area contributed by atoms with Crippen LogP contribution in [0, 0.1) is 6.92 Å². The Morgan fingerprint density at radius 1 is 0.958 bits per heavy atom. The summed E-state index contributed by atoms with van der Waals surface area (Å²) in [7, 11) is 0. The van der Waals surface area contributed by atoms with E-state index >= 15 is 0 Å². The van der Waals surface area contributed by atoms with Crippen molar-refractivity contribution in [2.75, 3.05) is 5.73 Å². The molecular formula is C21H24N2O. The Kier molecular flexibility index (Phi) is 4.45. The summed E-state index contributed by atoms with van der Waals surface area (Å²) in [5.74, 6) is 0.858. The number of hydrogen-bond donors (Lipinski definition) is 2.